The summed E-state index contributed by atoms with van der Waals surface area (Å²) < 4.78 is 0. The summed E-state index contributed by atoms with van der Waals surface area (Å²) in [6.45, 7) is 2.04. The van der Waals surface area contributed by atoms with Crippen LogP contribution in [-0.4, -0.2) is 0 Å². The van der Waals surface area contributed by atoms with Gasteiger partial charge in [0.2, 0.25) is 0 Å². The SMILES string of the molecule is Cc1ccc(Cl)cc1.c1ccccc1. The maximum Gasteiger partial charge on any atom is 0.0406 e. The second kappa shape index (κ2) is 6.22. The highest BCUT2D eigenvalue weighted by Crippen LogP contribution is 2.07. The maximum atomic E-state index is 5.61. The fourth-order valence-corrected chi connectivity index (χ4v) is 1.04. The zero-order chi connectivity index (χ0) is 10.2. The molecule has 0 aliphatic heterocycles. The predicted octanol–water partition coefficient (Wildman–Crippen LogP) is 4.34. The van der Waals surface area contributed by atoms with Gasteiger partial charge >= 0.3 is 0 Å². The lowest BCUT2D eigenvalue weighted by atomic mass is 10.2. The minimum absolute atomic E-state index is 0.801. The van der Waals surface area contributed by atoms with Crippen LogP contribution in [0.3, 0.4) is 0 Å². The molecule has 2 aromatic rings. The molecule has 0 aliphatic carbocycles. The van der Waals surface area contributed by atoms with E-state index in [4.69, 9.17) is 11.6 Å². The number of halogens is 1. The molecule has 2 aromatic carbocycles. The summed E-state index contributed by atoms with van der Waals surface area (Å²) in [6.07, 6.45) is 0. The second-order valence-electron chi connectivity index (χ2n) is 2.95. The van der Waals surface area contributed by atoms with Crippen LogP contribution >= 0.6 is 11.6 Å². The summed E-state index contributed by atoms with van der Waals surface area (Å²) in [4.78, 5) is 0. The van der Waals surface area contributed by atoms with Crippen molar-refractivity contribution >= 4 is 11.6 Å². The molecular formula is C13H13Cl. The van der Waals surface area contributed by atoms with Gasteiger partial charge in [-0.3, -0.25) is 0 Å². The maximum absolute atomic E-state index is 5.61. The van der Waals surface area contributed by atoms with Crippen molar-refractivity contribution < 1.29 is 0 Å². The number of aryl methyl sites for hydroxylation is 1. The molecule has 0 unspecified atom stereocenters. The first-order valence-corrected chi connectivity index (χ1v) is 4.89. The molecule has 0 aromatic heterocycles. The summed E-state index contributed by atoms with van der Waals surface area (Å²) in [7, 11) is 0. The smallest absolute Gasteiger partial charge is 0.0406 e. The molecule has 14 heavy (non-hydrogen) atoms. The van der Waals surface area contributed by atoms with Crippen LogP contribution in [0.1, 0.15) is 5.56 Å². The van der Waals surface area contributed by atoms with Gasteiger partial charge in [-0.2, -0.15) is 0 Å². The molecule has 0 atom stereocenters. The summed E-state index contributed by atoms with van der Waals surface area (Å²) in [5.74, 6) is 0. The molecule has 0 aliphatic rings. The molecule has 72 valence electrons. The average molecular weight is 205 g/mol. The second-order valence-corrected chi connectivity index (χ2v) is 3.39. The minimum Gasteiger partial charge on any atom is -0.0843 e. The highest BCUT2D eigenvalue weighted by Gasteiger charge is 1.81. The number of hydrogen-bond donors (Lipinski definition) is 0. The van der Waals surface area contributed by atoms with E-state index >= 15 is 0 Å². The number of rotatable bonds is 0. The molecule has 0 spiro atoms. The third kappa shape index (κ3) is 4.68. The van der Waals surface area contributed by atoms with E-state index in [0.717, 1.165) is 5.02 Å². The zero-order valence-electron chi connectivity index (χ0n) is 8.15. The van der Waals surface area contributed by atoms with E-state index in [1.54, 1.807) is 0 Å². The summed E-state index contributed by atoms with van der Waals surface area (Å²) >= 11 is 5.61. The number of benzene rings is 2. The minimum atomic E-state index is 0.801. The van der Waals surface area contributed by atoms with Crippen LogP contribution in [0, 0.1) is 6.92 Å². The Bertz CT molecular complexity index is 290. The van der Waals surface area contributed by atoms with Gasteiger partial charge < -0.3 is 0 Å². The normalized spacial score (nSPS) is 8.71. The van der Waals surface area contributed by atoms with E-state index < -0.39 is 0 Å². The van der Waals surface area contributed by atoms with Crippen molar-refractivity contribution in [3.63, 3.8) is 0 Å². The zero-order valence-corrected chi connectivity index (χ0v) is 8.91. The van der Waals surface area contributed by atoms with Crippen molar-refractivity contribution in [3.05, 3.63) is 71.2 Å². The molecule has 0 saturated carbocycles. The Morgan fingerprint density at radius 2 is 1.07 bits per heavy atom. The van der Waals surface area contributed by atoms with Gasteiger partial charge in [-0.15, -0.1) is 0 Å². The lowest BCUT2D eigenvalue weighted by molar-refractivity contribution is 1.48. The first-order valence-electron chi connectivity index (χ1n) is 4.51. The Balaban J connectivity index is 0.000000146. The highest BCUT2D eigenvalue weighted by molar-refractivity contribution is 6.30. The fourth-order valence-electron chi connectivity index (χ4n) is 0.918. The molecule has 0 bridgehead atoms. The van der Waals surface area contributed by atoms with E-state index in [2.05, 4.69) is 0 Å². The lowest BCUT2D eigenvalue weighted by Crippen LogP contribution is -1.66. The number of hydrogen-bond acceptors (Lipinski definition) is 0. The van der Waals surface area contributed by atoms with Crippen molar-refractivity contribution in [1.82, 2.24) is 0 Å². The standard InChI is InChI=1S/C7H7Cl.C6H6/c1-6-2-4-7(8)5-3-6;1-2-4-6-5-3-1/h2-5H,1H3;1-6H. The van der Waals surface area contributed by atoms with Crippen LogP contribution < -0.4 is 0 Å². The van der Waals surface area contributed by atoms with Crippen LogP contribution in [0.5, 0.6) is 0 Å². The predicted molar refractivity (Wildman–Crippen MR) is 62.6 cm³/mol. The van der Waals surface area contributed by atoms with Gasteiger partial charge in [-0.25, -0.2) is 0 Å². The molecule has 1 heteroatoms. The van der Waals surface area contributed by atoms with E-state index in [1.165, 1.54) is 5.56 Å². The van der Waals surface area contributed by atoms with E-state index in [9.17, 15) is 0 Å². The van der Waals surface area contributed by atoms with Crippen molar-refractivity contribution in [2.24, 2.45) is 0 Å². The molecule has 0 N–H and O–H groups in total. The van der Waals surface area contributed by atoms with Gasteiger partial charge in [0.05, 0.1) is 0 Å². The molecule has 0 amide bonds. The molecule has 2 rings (SSSR count). The van der Waals surface area contributed by atoms with E-state index in [0.29, 0.717) is 0 Å². The average Bonchev–Trinajstić information content (AvgIpc) is 2.26. The summed E-state index contributed by atoms with van der Waals surface area (Å²) in [5, 5.41) is 0.801. The van der Waals surface area contributed by atoms with E-state index in [-0.39, 0.29) is 0 Å². The first-order chi connectivity index (χ1) is 6.79. The van der Waals surface area contributed by atoms with Gasteiger partial charge in [0.15, 0.2) is 0 Å². The van der Waals surface area contributed by atoms with Crippen molar-refractivity contribution in [2.45, 2.75) is 6.92 Å². The van der Waals surface area contributed by atoms with Crippen LogP contribution in [0.2, 0.25) is 5.02 Å². The lowest BCUT2D eigenvalue weighted by Gasteiger charge is -1.88. The largest absolute Gasteiger partial charge is 0.0843 e. The molecular weight excluding hydrogens is 192 g/mol. The quantitative estimate of drug-likeness (QED) is 0.599. The van der Waals surface area contributed by atoms with Gasteiger partial charge in [0.25, 0.3) is 0 Å². The van der Waals surface area contributed by atoms with Gasteiger partial charge in [0.1, 0.15) is 0 Å². The molecule has 0 fully saturated rings. The summed E-state index contributed by atoms with van der Waals surface area (Å²) in [5.41, 5.74) is 1.24. The van der Waals surface area contributed by atoms with Crippen molar-refractivity contribution in [2.75, 3.05) is 0 Å². The highest BCUT2D eigenvalue weighted by atomic mass is 35.5. The molecule has 0 radical (unpaired) electrons. The van der Waals surface area contributed by atoms with Crippen molar-refractivity contribution in [1.29, 1.82) is 0 Å². The Kier molecular flexibility index (Phi) is 4.81. The van der Waals surface area contributed by atoms with Crippen molar-refractivity contribution in [3.8, 4) is 0 Å². The topological polar surface area (TPSA) is 0 Å². The van der Waals surface area contributed by atoms with Gasteiger partial charge in [-0.05, 0) is 19.1 Å². The van der Waals surface area contributed by atoms with E-state index in [1.807, 2.05) is 67.6 Å². The van der Waals surface area contributed by atoms with Crippen LogP contribution in [-0.2, 0) is 0 Å². The Morgan fingerprint density at radius 1 is 0.714 bits per heavy atom. The third-order valence-corrected chi connectivity index (χ3v) is 1.93. The van der Waals surface area contributed by atoms with Gasteiger partial charge in [0, 0.05) is 5.02 Å². The molecule has 0 nitrogen and oxygen atoms in total. The summed E-state index contributed by atoms with van der Waals surface area (Å²) in [6, 6.07) is 19.7. The Morgan fingerprint density at radius 3 is 1.36 bits per heavy atom. The fraction of sp³-hybridized carbons (Fsp3) is 0.0769. The van der Waals surface area contributed by atoms with Crippen LogP contribution in [0.15, 0.2) is 60.7 Å². The first kappa shape index (κ1) is 10.8. The monoisotopic (exact) mass is 204 g/mol. The Labute approximate surface area is 90.2 Å². The third-order valence-electron chi connectivity index (χ3n) is 1.68. The molecule has 0 saturated heterocycles. The van der Waals surface area contributed by atoms with Crippen LogP contribution in [0.25, 0.3) is 0 Å². The Hall–Kier alpha value is -1.27. The van der Waals surface area contributed by atoms with Crippen LogP contribution in [0.4, 0.5) is 0 Å². The molecule has 0 heterocycles. The van der Waals surface area contributed by atoms with Gasteiger partial charge in [-0.1, -0.05) is 65.7 Å².